The van der Waals surface area contributed by atoms with Crippen LogP contribution >= 0.6 is 23.5 Å². The largest absolute Gasteiger partial charge is 0.470 e. The fourth-order valence-electron chi connectivity index (χ4n) is 1.27. The van der Waals surface area contributed by atoms with Gasteiger partial charge >= 0.3 is 23.5 Å². The van der Waals surface area contributed by atoms with E-state index in [2.05, 4.69) is 13.6 Å². The predicted octanol–water partition coefficient (Wildman–Crippen LogP) is -3.03. The van der Waals surface area contributed by atoms with Crippen molar-refractivity contribution in [1.29, 1.82) is 0 Å². The number of hydrogen-bond acceptors (Lipinski definition) is 9. The summed E-state index contributed by atoms with van der Waals surface area (Å²) in [5.74, 6) is -1.66. The van der Waals surface area contributed by atoms with Crippen molar-refractivity contribution in [1.82, 2.24) is 0 Å². The molecule has 0 aliphatic carbocycles. The molecule has 0 aromatic carbocycles. The van der Waals surface area contributed by atoms with Crippen LogP contribution in [0.25, 0.3) is 0 Å². The molecule has 0 spiro atoms. The molecule has 3 atom stereocenters. The summed E-state index contributed by atoms with van der Waals surface area (Å²) in [7, 11) is -16.1. The number of rotatable bonds is 11. The zero-order chi connectivity index (χ0) is 19.3. The number of phosphoric ester groups is 3. The summed E-state index contributed by atoms with van der Waals surface area (Å²) in [6.45, 7) is -2.80. The second kappa shape index (κ2) is 9.03. The lowest BCUT2D eigenvalue weighted by atomic mass is 10.1. The molecule has 0 radical (unpaired) electrons. The van der Waals surface area contributed by atoms with Crippen LogP contribution in [0.4, 0.5) is 0 Å². The van der Waals surface area contributed by atoms with Crippen LogP contribution in [0.15, 0.2) is 0 Å². The van der Waals surface area contributed by atoms with E-state index < -0.39 is 60.8 Å². The molecule has 0 aromatic rings. The highest BCUT2D eigenvalue weighted by molar-refractivity contribution is 7.47. The molecule has 0 amide bonds. The maximum Gasteiger partial charge on any atom is 0.470 e. The van der Waals surface area contributed by atoms with Crippen LogP contribution in [0.1, 0.15) is 0 Å². The van der Waals surface area contributed by atoms with Crippen LogP contribution < -0.4 is 0 Å². The Balaban J connectivity index is 5.60. The van der Waals surface area contributed by atoms with Gasteiger partial charge in [-0.15, -0.1) is 0 Å². The second-order valence-corrected chi connectivity index (χ2v) is 7.68. The third-order valence-electron chi connectivity index (χ3n) is 2.07. The molecular formula is C6H15O15P3. The molecule has 0 aromatic heterocycles. The molecule has 0 saturated heterocycles. The molecule has 15 nitrogen and oxygen atoms in total. The van der Waals surface area contributed by atoms with Gasteiger partial charge in [-0.25, -0.2) is 13.7 Å². The summed E-state index contributed by atoms with van der Waals surface area (Å²) in [6.07, 6.45) is -7.42. The maximum atomic E-state index is 11.8. The van der Waals surface area contributed by atoms with Crippen LogP contribution in [0.5, 0.6) is 0 Å². The Bertz CT molecular complexity index is 556. The first kappa shape index (κ1) is 23.9. The first-order valence-corrected chi connectivity index (χ1v) is 10.1. The Hall–Kier alpha value is -0.0800. The molecule has 0 unspecified atom stereocenters. The van der Waals surface area contributed by atoms with Gasteiger partial charge in [0.25, 0.3) is 0 Å². The Morgan fingerprint density at radius 3 is 1.67 bits per heavy atom. The number of ketones is 1. The summed E-state index contributed by atoms with van der Waals surface area (Å²) in [6, 6.07) is 0. The first-order chi connectivity index (χ1) is 10.6. The highest BCUT2D eigenvalue weighted by atomic mass is 31.2. The molecular weight excluding hydrogens is 405 g/mol. The number of hydrogen-bond donors (Lipinski definition) is 8. The van der Waals surface area contributed by atoms with Gasteiger partial charge in [0.2, 0.25) is 0 Å². The Morgan fingerprint density at radius 2 is 1.33 bits per heavy atom. The molecule has 8 N–H and O–H groups in total. The third-order valence-corrected chi connectivity index (χ3v) is 3.55. The number of carbonyl (C=O) groups excluding carboxylic acids is 1. The number of aliphatic hydroxyl groups excluding tert-OH is 2. The van der Waals surface area contributed by atoms with E-state index >= 15 is 0 Å². The zero-order valence-corrected chi connectivity index (χ0v) is 14.1. The number of carbonyl (C=O) groups is 1. The monoisotopic (exact) mass is 420 g/mol. The van der Waals surface area contributed by atoms with Crippen LogP contribution in [0.3, 0.4) is 0 Å². The topological polar surface area (TPSA) is 258 Å². The minimum absolute atomic E-state index is 1.28. The van der Waals surface area contributed by atoms with Crippen molar-refractivity contribution in [2.45, 2.75) is 18.3 Å². The van der Waals surface area contributed by atoms with Crippen LogP contribution in [-0.2, 0) is 32.1 Å². The normalized spacial score (nSPS) is 17.3. The van der Waals surface area contributed by atoms with Crippen molar-refractivity contribution in [3.8, 4) is 0 Å². The van der Waals surface area contributed by atoms with Crippen molar-refractivity contribution in [3.63, 3.8) is 0 Å². The predicted molar refractivity (Wildman–Crippen MR) is 69.9 cm³/mol. The highest BCUT2D eigenvalue weighted by Gasteiger charge is 2.43. The summed E-state index contributed by atoms with van der Waals surface area (Å²) in [4.78, 5) is 63.5. The van der Waals surface area contributed by atoms with E-state index in [4.69, 9.17) is 34.5 Å². The molecule has 0 heterocycles. The summed E-state index contributed by atoms with van der Waals surface area (Å²) in [5, 5.41) is 18.2. The fraction of sp³-hybridized carbons (Fsp3) is 0.833. The number of aliphatic hydroxyl groups is 2. The summed E-state index contributed by atoms with van der Waals surface area (Å²) < 4.78 is 43.9. The lowest BCUT2D eigenvalue weighted by Crippen LogP contribution is -2.47. The van der Waals surface area contributed by atoms with E-state index in [1.165, 1.54) is 0 Å². The van der Waals surface area contributed by atoms with Gasteiger partial charge < -0.3 is 39.6 Å². The SMILES string of the molecule is O=C(COP(=O)(O)O)[C@@H](OP(=O)(O)O)[C@@H](OP(=O)(O)O)[C@@H](O)CO. The van der Waals surface area contributed by atoms with Crippen molar-refractivity contribution >= 4 is 29.3 Å². The van der Waals surface area contributed by atoms with E-state index in [-0.39, 0.29) is 0 Å². The highest BCUT2D eigenvalue weighted by Crippen LogP contribution is 2.44. The van der Waals surface area contributed by atoms with Crippen LogP contribution in [0, 0.1) is 0 Å². The quantitative estimate of drug-likeness (QED) is 0.155. The minimum Gasteiger partial charge on any atom is -0.394 e. The van der Waals surface area contributed by atoms with E-state index in [9.17, 15) is 23.6 Å². The lowest BCUT2D eigenvalue weighted by molar-refractivity contribution is -0.140. The van der Waals surface area contributed by atoms with Gasteiger partial charge in [-0.05, 0) is 0 Å². The minimum atomic E-state index is -5.51. The summed E-state index contributed by atoms with van der Waals surface area (Å²) in [5.41, 5.74) is 0. The standard InChI is InChI=1S/C6H15O15P3/c7-1-3(8)5(20-23(13,14)15)6(21-24(16,17)18)4(9)2-19-22(10,11)12/h3,5-8H,1-2H2,(H2,10,11,12)(H2,13,14,15)(H2,16,17,18)/t3-,5-,6+/m0/s1. The molecule has 0 rings (SSSR count). The maximum absolute atomic E-state index is 11.8. The Labute approximate surface area is 133 Å². The van der Waals surface area contributed by atoms with E-state index in [1.807, 2.05) is 0 Å². The van der Waals surface area contributed by atoms with Gasteiger partial charge in [0.1, 0.15) is 18.8 Å². The molecule has 0 fully saturated rings. The number of Topliss-reactive ketones (excluding diaryl/α,β-unsaturated/α-hetero) is 1. The van der Waals surface area contributed by atoms with Gasteiger partial charge in [-0.2, -0.15) is 0 Å². The molecule has 144 valence electrons. The average molecular weight is 420 g/mol. The van der Waals surface area contributed by atoms with E-state index in [0.717, 1.165) is 0 Å². The average Bonchev–Trinajstić information content (AvgIpc) is 2.36. The van der Waals surface area contributed by atoms with Gasteiger partial charge in [-0.3, -0.25) is 18.4 Å². The molecule has 18 heteroatoms. The van der Waals surface area contributed by atoms with Gasteiger partial charge in [0.15, 0.2) is 11.9 Å². The fourth-order valence-corrected chi connectivity index (χ4v) is 2.67. The van der Waals surface area contributed by atoms with Crippen molar-refractivity contribution in [3.05, 3.63) is 0 Å². The van der Waals surface area contributed by atoms with Crippen molar-refractivity contribution in [2.75, 3.05) is 13.2 Å². The smallest absolute Gasteiger partial charge is 0.394 e. The van der Waals surface area contributed by atoms with E-state index in [0.29, 0.717) is 0 Å². The number of phosphoric acid groups is 3. The van der Waals surface area contributed by atoms with E-state index in [1.54, 1.807) is 0 Å². The molecule has 0 saturated carbocycles. The molecule has 24 heavy (non-hydrogen) atoms. The first-order valence-electron chi connectivity index (χ1n) is 5.55. The van der Waals surface area contributed by atoms with Gasteiger partial charge in [0.05, 0.1) is 6.61 Å². The third kappa shape index (κ3) is 10.7. The molecule has 0 bridgehead atoms. The Morgan fingerprint density at radius 1 is 0.875 bits per heavy atom. The van der Waals surface area contributed by atoms with Crippen molar-refractivity contribution < 1.29 is 71.6 Å². The van der Waals surface area contributed by atoms with Crippen LogP contribution in [0.2, 0.25) is 0 Å². The lowest BCUT2D eigenvalue weighted by Gasteiger charge is -2.29. The second-order valence-electron chi connectivity index (χ2n) is 4.06. The van der Waals surface area contributed by atoms with Crippen LogP contribution in [-0.4, -0.2) is 76.9 Å². The molecule has 0 aliphatic rings. The Kier molecular flexibility index (Phi) is 9.00. The zero-order valence-electron chi connectivity index (χ0n) is 11.4. The van der Waals surface area contributed by atoms with Crippen molar-refractivity contribution in [2.24, 2.45) is 0 Å². The summed E-state index contributed by atoms with van der Waals surface area (Å²) >= 11 is 0. The molecule has 0 aliphatic heterocycles. The van der Waals surface area contributed by atoms with Gasteiger partial charge in [0, 0.05) is 0 Å². The van der Waals surface area contributed by atoms with Gasteiger partial charge in [-0.1, -0.05) is 0 Å².